The van der Waals surface area contributed by atoms with Gasteiger partial charge in [0.25, 0.3) is 0 Å². The lowest BCUT2D eigenvalue weighted by Crippen LogP contribution is -2.14. The van der Waals surface area contributed by atoms with E-state index in [1.165, 1.54) is 0 Å². The van der Waals surface area contributed by atoms with Crippen molar-refractivity contribution in [2.24, 2.45) is 0 Å². The number of amides is 1. The summed E-state index contributed by atoms with van der Waals surface area (Å²) in [4.78, 5) is 16.0. The average molecular weight is 309 g/mol. The Morgan fingerprint density at radius 2 is 2.05 bits per heavy atom. The Bertz CT molecular complexity index is 629. The highest BCUT2D eigenvalue weighted by molar-refractivity contribution is 6.42. The van der Waals surface area contributed by atoms with Crippen LogP contribution in [0.2, 0.25) is 10.0 Å². The van der Waals surface area contributed by atoms with E-state index in [2.05, 4.69) is 10.3 Å². The highest BCUT2D eigenvalue weighted by Gasteiger charge is 2.09. The summed E-state index contributed by atoms with van der Waals surface area (Å²) in [5.74, 6) is 0.498. The van der Waals surface area contributed by atoms with Crippen LogP contribution in [0, 0.1) is 6.92 Å². The Kier molecular flexibility index (Phi) is 4.99. The Morgan fingerprint density at radius 1 is 1.25 bits per heavy atom. The molecule has 1 aromatic heterocycles. The van der Waals surface area contributed by atoms with E-state index >= 15 is 0 Å². The lowest BCUT2D eigenvalue weighted by atomic mass is 10.1. The molecule has 0 unspecified atom stereocenters. The van der Waals surface area contributed by atoms with Crippen LogP contribution < -0.4 is 5.32 Å². The predicted octanol–water partition coefficient (Wildman–Crippen LogP) is 4.27. The van der Waals surface area contributed by atoms with Crippen LogP contribution in [0.4, 0.5) is 5.82 Å². The van der Waals surface area contributed by atoms with E-state index in [1.807, 2.05) is 31.2 Å². The molecule has 0 saturated heterocycles. The zero-order chi connectivity index (χ0) is 14.5. The predicted molar refractivity (Wildman–Crippen MR) is 82.4 cm³/mol. The third kappa shape index (κ3) is 3.71. The summed E-state index contributed by atoms with van der Waals surface area (Å²) < 4.78 is 0. The number of aromatic nitrogens is 1. The van der Waals surface area contributed by atoms with E-state index < -0.39 is 0 Å². The van der Waals surface area contributed by atoms with E-state index in [4.69, 9.17) is 23.2 Å². The highest BCUT2D eigenvalue weighted by Crippen LogP contribution is 2.26. The van der Waals surface area contributed by atoms with E-state index in [1.54, 1.807) is 12.3 Å². The fraction of sp³-hybridized carbons (Fsp3) is 0.200. The van der Waals surface area contributed by atoms with E-state index in [0.717, 1.165) is 11.1 Å². The first kappa shape index (κ1) is 14.8. The molecule has 0 spiro atoms. The number of hydrogen-bond donors (Lipinski definition) is 1. The number of benzene rings is 1. The fourth-order valence-corrected chi connectivity index (χ4v) is 2.22. The molecule has 0 fully saturated rings. The first-order chi connectivity index (χ1) is 9.58. The van der Waals surface area contributed by atoms with Gasteiger partial charge in [0, 0.05) is 12.6 Å². The molecular formula is C15H14Cl2N2O. The summed E-state index contributed by atoms with van der Waals surface area (Å²) in [6, 6.07) is 9.15. The first-order valence-corrected chi connectivity index (χ1v) is 6.98. The zero-order valence-electron chi connectivity index (χ0n) is 11.0. The van der Waals surface area contributed by atoms with Gasteiger partial charge in [-0.25, -0.2) is 4.98 Å². The first-order valence-electron chi connectivity index (χ1n) is 6.22. The summed E-state index contributed by atoms with van der Waals surface area (Å²) >= 11 is 12.0. The van der Waals surface area contributed by atoms with Crippen LogP contribution in [-0.2, 0) is 11.2 Å². The van der Waals surface area contributed by atoms with Crippen molar-refractivity contribution in [3.05, 3.63) is 57.7 Å². The molecule has 0 bridgehead atoms. The number of carbonyl (C=O) groups excluding carboxylic acids is 1. The standard InChI is InChI=1S/C15H14Cl2N2O/c1-10-4-3-9-18-15(10)19-13(20)8-7-11-5-2-6-12(16)14(11)17/h2-6,9H,7-8H2,1H3,(H,18,19,20). The molecule has 0 saturated carbocycles. The summed E-state index contributed by atoms with van der Waals surface area (Å²) in [5.41, 5.74) is 1.80. The average Bonchev–Trinajstić information content (AvgIpc) is 2.43. The molecule has 5 heteroatoms. The Balaban J connectivity index is 1.96. The van der Waals surface area contributed by atoms with Crippen LogP contribution in [0.15, 0.2) is 36.5 Å². The van der Waals surface area contributed by atoms with Crippen LogP contribution in [0.3, 0.4) is 0 Å². The van der Waals surface area contributed by atoms with Crippen molar-refractivity contribution in [1.82, 2.24) is 4.98 Å². The summed E-state index contributed by atoms with van der Waals surface area (Å²) in [6.07, 6.45) is 2.52. The van der Waals surface area contributed by atoms with Crippen molar-refractivity contribution in [2.75, 3.05) is 5.32 Å². The van der Waals surface area contributed by atoms with Gasteiger partial charge in [0.15, 0.2) is 0 Å². The van der Waals surface area contributed by atoms with Gasteiger partial charge in [-0.05, 0) is 36.6 Å². The third-order valence-corrected chi connectivity index (χ3v) is 3.78. The Morgan fingerprint density at radius 3 is 2.80 bits per heavy atom. The topological polar surface area (TPSA) is 42.0 Å². The normalized spacial score (nSPS) is 10.3. The molecule has 2 aromatic rings. The molecule has 0 aliphatic heterocycles. The molecule has 0 radical (unpaired) electrons. The monoisotopic (exact) mass is 308 g/mol. The van der Waals surface area contributed by atoms with Gasteiger partial charge in [0.05, 0.1) is 10.0 Å². The number of hydrogen-bond acceptors (Lipinski definition) is 2. The van der Waals surface area contributed by atoms with Gasteiger partial charge in [-0.15, -0.1) is 0 Å². The zero-order valence-corrected chi connectivity index (χ0v) is 12.5. The van der Waals surface area contributed by atoms with Gasteiger partial charge in [-0.2, -0.15) is 0 Å². The molecular weight excluding hydrogens is 295 g/mol. The van der Waals surface area contributed by atoms with Crippen molar-refractivity contribution in [2.45, 2.75) is 19.8 Å². The molecule has 1 amide bonds. The van der Waals surface area contributed by atoms with Crippen LogP contribution in [0.25, 0.3) is 0 Å². The minimum absolute atomic E-state index is 0.0946. The van der Waals surface area contributed by atoms with Gasteiger partial charge in [0.2, 0.25) is 5.91 Å². The van der Waals surface area contributed by atoms with Crippen molar-refractivity contribution in [3.63, 3.8) is 0 Å². The number of anilines is 1. The van der Waals surface area contributed by atoms with Crippen LogP contribution in [0.1, 0.15) is 17.5 Å². The lowest BCUT2D eigenvalue weighted by molar-refractivity contribution is -0.116. The Hall–Kier alpha value is -1.58. The molecule has 0 aliphatic carbocycles. The molecule has 3 nitrogen and oxygen atoms in total. The molecule has 0 aliphatic rings. The summed E-state index contributed by atoms with van der Waals surface area (Å²) in [6.45, 7) is 1.90. The quantitative estimate of drug-likeness (QED) is 0.916. The molecule has 0 atom stereocenters. The minimum Gasteiger partial charge on any atom is -0.310 e. The number of carbonyl (C=O) groups is 1. The number of pyridine rings is 1. The fourth-order valence-electron chi connectivity index (χ4n) is 1.80. The van der Waals surface area contributed by atoms with Crippen molar-refractivity contribution >= 4 is 34.9 Å². The lowest BCUT2D eigenvalue weighted by Gasteiger charge is -2.08. The molecule has 1 N–H and O–H groups in total. The van der Waals surface area contributed by atoms with Crippen LogP contribution >= 0.6 is 23.2 Å². The number of rotatable bonds is 4. The second-order valence-electron chi connectivity index (χ2n) is 4.43. The maximum Gasteiger partial charge on any atom is 0.225 e. The number of nitrogens with zero attached hydrogens (tertiary/aromatic N) is 1. The maximum absolute atomic E-state index is 11.9. The van der Waals surface area contributed by atoms with Gasteiger partial charge < -0.3 is 5.32 Å². The maximum atomic E-state index is 11.9. The number of halogens is 2. The largest absolute Gasteiger partial charge is 0.310 e. The third-order valence-electron chi connectivity index (χ3n) is 2.92. The van der Waals surface area contributed by atoms with Gasteiger partial charge in [-0.1, -0.05) is 41.4 Å². The van der Waals surface area contributed by atoms with E-state index in [0.29, 0.717) is 28.7 Å². The minimum atomic E-state index is -0.0946. The molecule has 20 heavy (non-hydrogen) atoms. The number of nitrogens with one attached hydrogen (secondary N) is 1. The second-order valence-corrected chi connectivity index (χ2v) is 5.22. The summed E-state index contributed by atoms with van der Waals surface area (Å²) in [7, 11) is 0. The van der Waals surface area contributed by atoms with E-state index in [-0.39, 0.29) is 5.91 Å². The highest BCUT2D eigenvalue weighted by atomic mass is 35.5. The molecule has 1 aromatic carbocycles. The SMILES string of the molecule is Cc1cccnc1NC(=O)CCc1cccc(Cl)c1Cl. The van der Waals surface area contributed by atoms with Crippen molar-refractivity contribution < 1.29 is 4.79 Å². The van der Waals surface area contributed by atoms with Crippen LogP contribution in [-0.4, -0.2) is 10.9 Å². The van der Waals surface area contributed by atoms with Crippen molar-refractivity contribution in [1.29, 1.82) is 0 Å². The van der Waals surface area contributed by atoms with E-state index in [9.17, 15) is 4.79 Å². The van der Waals surface area contributed by atoms with Crippen molar-refractivity contribution in [3.8, 4) is 0 Å². The molecule has 2 rings (SSSR count). The smallest absolute Gasteiger partial charge is 0.225 e. The van der Waals surface area contributed by atoms with Crippen LogP contribution in [0.5, 0.6) is 0 Å². The molecule has 104 valence electrons. The second kappa shape index (κ2) is 6.73. The summed E-state index contributed by atoms with van der Waals surface area (Å²) in [5, 5.41) is 3.80. The van der Waals surface area contributed by atoms with Gasteiger partial charge in [-0.3, -0.25) is 4.79 Å². The van der Waals surface area contributed by atoms with Gasteiger partial charge >= 0.3 is 0 Å². The number of aryl methyl sites for hydroxylation is 2. The van der Waals surface area contributed by atoms with Gasteiger partial charge in [0.1, 0.15) is 5.82 Å². The Labute approximate surface area is 127 Å². The molecule has 1 heterocycles.